The quantitative estimate of drug-likeness (QED) is 0.840. The van der Waals surface area contributed by atoms with Crippen molar-refractivity contribution in [1.29, 1.82) is 0 Å². The van der Waals surface area contributed by atoms with E-state index >= 15 is 0 Å². The van der Waals surface area contributed by atoms with Gasteiger partial charge in [-0.25, -0.2) is 4.68 Å². The third kappa shape index (κ3) is 5.21. The molecule has 6 nitrogen and oxygen atoms in total. The van der Waals surface area contributed by atoms with E-state index in [-0.39, 0.29) is 23.8 Å². The number of carbonyl (C=O) groups is 2. The lowest BCUT2D eigenvalue weighted by atomic mass is 9.92. The molecule has 0 unspecified atom stereocenters. The number of aryl methyl sites for hydroxylation is 2. The molecule has 1 aromatic heterocycles. The molecule has 2 N–H and O–H groups in total. The van der Waals surface area contributed by atoms with Crippen LogP contribution >= 0.6 is 0 Å². The first kappa shape index (κ1) is 21.7. The Balaban J connectivity index is 2.31. The van der Waals surface area contributed by atoms with Crippen LogP contribution in [-0.2, 0) is 15.0 Å². The van der Waals surface area contributed by atoms with E-state index in [1.807, 2.05) is 52.8 Å². The minimum atomic E-state index is -0.541. The summed E-state index contributed by atoms with van der Waals surface area (Å²) in [4.78, 5) is 24.5. The molecule has 0 atom stereocenters. The summed E-state index contributed by atoms with van der Waals surface area (Å²) < 4.78 is 1.76. The maximum atomic E-state index is 12.5. The van der Waals surface area contributed by atoms with Crippen molar-refractivity contribution < 1.29 is 9.59 Å². The van der Waals surface area contributed by atoms with Crippen LogP contribution < -0.4 is 10.6 Å². The first-order chi connectivity index (χ1) is 12.8. The number of hydrogen-bond acceptors (Lipinski definition) is 3. The summed E-state index contributed by atoms with van der Waals surface area (Å²) in [6.45, 7) is 15.7. The van der Waals surface area contributed by atoms with Crippen molar-refractivity contribution in [2.45, 2.75) is 60.8 Å². The van der Waals surface area contributed by atoms with Gasteiger partial charge in [0.1, 0.15) is 5.82 Å². The van der Waals surface area contributed by atoms with E-state index in [0.717, 1.165) is 16.9 Å². The molecule has 0 saturated carbocycles. The zero-order valence-corrected chi connectivity index (χ0v) is 18.2. The van der Waals surface area contributed by atoms with Gasteiger partial charge in [0.15, 0.2) is 0 Å². The van der Waals surface area contributed by atoms with E-state index in [1.54, 1.807) is 4.68 Å². The van der Waals surface area contributed by atoms with Crippen molar-refractivity contribution in [2.24, 2.45) is 5.41 Å². The van der Waals surface area contributed by atoms with Crippen molar-refractivity contribution in [3.8, 4) is 5.69 Å². The number of rotatable bonds is 4. The molecular formula is C22H32N4O2. The largest absolute Gasteiger partial charge is 0.347 e. The molecule has 152 valence electrons. The summed E-state index contributed by atoms with van der Waals surface area (Å²) in [5.41, 5.74) is 3.32. The Kier molecular flexibility index (Phi) is 6.02. The van der Waals surface area contributed by atoms with Gasteiger partial charge in [0.05, 0.1) is 17.9 Å². The number of carbonyl (C=O) groups excluding carboxylic acids is 2. The summed E-state index contributed by atoms with van der Waals surface area (Å²) in [5, 5.41) is 10.3. The number of anilines is 1. The van der Waals surface area contributed by atoms with Gasteiger partial charge in [-0.1, -0.05) is 59.2 Å². The highest BCUT2D eigenvalue weighted by Gasteiger charge is 2.24. The van der Waals surface area contributed by atoms with E-state index in [4.69, 9.17) is 5.10 Å². The van der Waals surface area contributed by atoms with Gasteiger partial charge >= 0.3 is 0 Å². The average Bonchev–Trinajstić information content (AvgIpc) is 2.95. The number of amides is 2. The molecule has 0 saturated heterocycles. The smallest absolute Gasteiger partial charge is 0.244 e. The molecule has 0 bridgehead atoms. The highest BCUT2D eigenvalue weighted by molar-refractivity contribution is 5.94. The topological polar surface area (TPSA) is 76.0 Å². The molecule has 28 heavy (non-hydrogen) atoms. The van der Waals surface area contributed by atoms with Gasteiger partial charge in [0.2, 0.25) is 11.8 Å². The highest BCUT2D eigenvalue weighted by Crippen LogP contribution is 2.27. The third-order valence-corrected chi connectivity index (χ3v) is 4.42. The van der Waals surface area contributed by atoms with Crippen LogP contribution in [0.1, 0.15) is 58.4 Å². The van der Waals surface area contributed by atoms with Crippen LogP contribution in [0.4, 0.5) is 5.82 Å². The van der Waals surface area contributed by atoms with E-state index < -0.39 is 5.41 Å². The Labute approximate surface area is 167 Å². The van der Waals surface area contributed by atoms with Gasteiger partial charge in [-0.15, -0.1) is 0 Å². The molecule has 2 aromatic rings. The van der Waals surface area contributed by atoms with E-state index in [1.165, 1.54) is 5.56 Å². The lowest BCUT2D eigenvalue weighted by Gasteiger charge is -2.17. The van der Waals surface area contributed by atoms with Crippen LogP contribution in [0.5, 0.6) is 0 Å². The number of hydrogen-bond donors (Lipinski definition) is 2. The van der Waals surface area contributed by atoms with E-state index in [2.05, 4.69) is 37.5 Å². The predicted octanol–water partition coefficient (Wildman–Crippen LogP) is 3.89. The standard InChI is InChI=1S/C22H32N4O2/c1-14-9-10-16(15(2)11-14)26-18(12-17(25-26)21(3,4)5)24-19(27)13-23-20(28)22(6,7)8/h9-12H,13H2,1-8H3,(H,23,28)(H,24,27). The number of nitrogens with one attached hydrogen (secondary N) is 2. The Morgan fingerprint density at radius 1 is 1.04 bits per heavy atom. The second kappa shape index (κ2) is 7.78. The van der Waals surface area contributed by atoms with Gasteiger partial charge in [-0.05, 0) is 25.5 Å². The van der Waals surface area contributed by atoms with Crippen LogP contribution in [0.2, 0.25) is 0 Å². The average molecular weight is 385 g/mol. The van der Waals surface area contributed by atoms with Crippen molar-refractivity contribution in [2.75, 3.05) is 11.9 Å². The Morgan fingerprint density at radius 3 is 2.21 bits per heavy atom. The van der Waals surface area contributed by atoms with Gasteiger partial charge in [-0.3, -0.25) is 9.59 Å². The molecule has 2 rings (SSSR count). The molecule has 0 spiro atoms. The summed E-state index contributed by atoms with van der Waals surface area (Å²) in [6.07, 6.45) is 0. The van der Waals surface area contributed by atoms with Crippen LogP contribution in [0.25, 0.3) is 5.69 Å². The molecule has 0 fully saturated rings. The zero-order chi connectivity index (χ0) is 21.3. The first-order valence-electron chi connectivity index (χ1n) is 9.55. The zero-order valence-electron chi connectivity index (χ0n) is 18.2. The van der Waals surface area contributed by atoms with Crippen LogP contribution in [0, 0.1) is 19.3 Å². The fraction of sp³-hybridized carbons (Fsp3) is 0.500. The maximum absolute atomic E-state index is 12.5. The molecular weight excluding hydrogens is 352 g/mol. The highest BCUT2D eigenvalue weighted by atomic mass is 16.2. The summed E-state index contributed by atoms with van der Waals surface area (Å²) in [6, 6.07) is 8.00. The van der Waals surface area contributed by atoms with E-state index in [0.29, 0.717) is 5.82 Å². The monoisotopic (exact) mass is 384 g/mol. The third-order valence-electron chi connectivity index (χ3n) is 4.42. The molecule has 0 aliphatic heterocycles. The van der Waals surface area contributed by atoms with Crippen molar-refractivity contribution in [3.63, 3.8) is 0 Å². The number of aromatic nitrogens is 2. The fourth-order valence-corrected chi connectivity index (χ4v) is 2.68. The minimum absolute atomic E-state index is 0.0843. The van der Waals surface area contributed by atoms with Crippen LogP contribution in [-0.4, -0.2) is 28.1 Å². The number of benzene rings is 1. The Hall–Kier alpha value is -2.63. The molecule has 1 heterocycles. The normalized spacial score (nSPS) is 12.0. The van der Waals surface area contributed by atoms with E-state index in [9.17, 15) is 9.59 Å². The van der Waals surface area contributed by atoms with Gasteiger partial charge in [0.25, 0.3) is 0 Å². The van der Waals surface area contributed by atoms with Gasteiger partial charge in [0, 0.05) is 16.9 Å². The summed E-state index contributed by atoms with van der Waals surface area (Å²) in [7, 11) is 0. The van der Waals surface area contributed by atoms with Gasteiger partial charge in [-0.2, -0.15) is 5.10 Å². The van der Waals surface area contributed by atoms with Crippen molar-refractivity contribution in [1.82, 2.24) is 15.1 Å². The fourth-order valence-electron chi connectivity index (χ4n) is 2.68. The second-order valence-corrected chi connectivity index (χ2v) is 9.35. The molecule has 2 amide bonds. The van der Waals surface area contributed by atoms with Crippen LogP contribution in [0.15, 0.2) is 24.3 Å². The first-order valence-corrected chi connectivity index (χ1v) is 9.55. The predicted molar refractivity (Wildman–Crippen MR) is 113 cm³/mol. The van der Waals surface area contributed by atoms with Crippen LogP contribution in [0.3, 0.4) is 0 Å². The van der Waals surface area contributed by atoms with Crippen molar-refractivity contribution >= 4 is 17.6 Å². The summed E-state index contributed by atoms with van der Waals surface area (Å²) >= 11 is 0. The SMILES string of the molecule is Cc1ccc(-n2nc(C(C)(C)C)cc2NC(=O)CNC(=O)C(C)(C)C)c(C)c1. The molecule has 0 aliphatic carbocycles. The molecule has 0 aliphatic rings. The molecule has 6 heteroatoms. The van der Waals surface area contributed by atoms with Gasteiger partial charge < -0.3 is 10.6 Å². The maximum Gasteiger partial charge on any atom is 0.244 e. The minimum Gasteiger partial charge on any atom is -0.347 e. The molecule has 0 radical (unpaired) electrons. The van der Waals surface area contributed by atoms with Crippen molar-refractivity contribution in [3.05, 3.63) is 41.1 Å². The lowest BCUT2D eigenvalue weighted by molar-refractivity contribution is -0.130. The Morgan fingerprint density at radius 2 is 1.68 bits per heavy atom. The second-order valence-electron chi connectivity index (χ2n) is 9.35. The number of nitrogens with zero attached hydrogens (tertiary/aromatic N) is 2. The Bertz CT molecular complexity index is 883. The summed E-state index contributed by atoms with van der Waals surface area (Å²) in [5.74, 6) is 0.136. The lowest BCUT2D eigenvalue weighted by Crippen LogP contribution is -2.39. The molecule has 1 aromatic carbocycles.